The Morgan fingerprint density at radius 2 is 2.04 bits per heavy atom. The maximum Gasteiger partial charge on any atom is 0.419 e. The highest BCUT2D eigenvalue weighted by molar-refractivity contribution is 5.93. The summed E-state index contributed by atoms with van der Waals surface area (Å²) in [6.45, 7) is 0.604. The Hall–Kier alpha value is -2.32. The summed E-state index contributed by atoms with van der Waals surface area (Å²) >= 11 is 0. The predicted octanol–water partition coefficient (Wildman–Crippen LogP) is 3.26. The fraction of sp³-hybridized carbons (Fsp3) is 0.467. The average Bonchev–Trinajstić information content (AvgIpc) is 2.53. The van der Waals surface area contributed by atoms with Gasteiger partial charge in [-0.15, -0.1) is 0 Å². The van der Waals surface area contributed by atoms with E-state index in [-0.39, 0.29) is 12.2 Å². The molecule has 0 radical (unpaired) electrons. The van der Waals surface area contributed by atoms with Crippen molar-refractivity contribution in [2.24, 2.45) is 5.92 Å². The van der Waals surface area contributed by atoms with Crippen LogP contribution in [0.3, 0.4) is 0 Å². The van der Waals surface area contributed by atoms with Crippen molar-refractivity contribution in [3.63, 3.8) is 0 Å². The van der Waals surface area contributed by atoms with E-state index in [4.69, 9.17) is 0 Å². The van der Waals surface area contributed by atoms with Crippen LogP contribution in [-0.4, -0.2) is 37.1 Å². The Balaban J connectivity index is 2.04. The molecule has 1 atom stereocenters. The minimum absolute atomic E-state index is 0.0688. The van der Waals surface area contributed by atoms with Gasteiger partial charge in [0, 0.05) is 18.8 Å². The van der Waals surface area contributed by atoms with Crippen molar-refractivity contribution in [1.82, 2.24) is 4.90 Å². The number of nitrogens with zero attached hydrogens (tertiary/aromatic N) is 1. The van der Waals surface area contributed by atoms with Crippen molar-refractivity contribution in [2.75, 3.05) is 25.5 Å². The Labute approximate surface area is 135 Å². The first-order valence-corrected chi connectivity index (χ1v) is 7.23. The van der Waals surface area contributed by atoms with E-state index in [0.717, 1.165) is 6.07 Å². The molecular weight excluding hydrogens is 332 g/mol. The number of carbonyl (C=O) groups is 2. The lowest BCUT2D eigenvalue weighted by Crippen LogP contribution is -2.43. The molecule has 0 spiro atoms. The summed E-state index contributed by atoms with van der Waals surface area (Å²) in [5.74, 6) is -2.48. The summed E-state index contributed by atoms with van der Waals surface area (Å²) < 4.78 is 55.6. The van der Waals surface area contributed by atoms with E-state index in [9.17, 15) is 27.2 Å². The number of hydrogen-bond donors (Lipinski definition) is 1. The van der Waals surface area contributed by atoms with Crippen LogP contribution in [0, 0.1) is 11.7 Å². The van der Waals surface area contributed by atoms with Gasteiger partial charge in [0.05, 0.1) is 18.6 Å². The second-order valence-corrected chi connectivity index (χ2v) is 5.44. The van der Waals surface area contributed by atoms with E-state index in [2.05, 4.69) is 10.1 Å². The molecule has 24 heavy (non-hydrogen) atoms. The van der Waals surface area contributed by atoms with Crippen LogP contribution in [0.2, 0.25) is 0 Å². The van der Waals surface area contributed by atoms with Crippen molar-refractivity contribution < 1.29 is 31.9 Å². The number of carbonyl (C=O) groups excluding carboxylic acids is 2. The molecular formula is C15H16F4N2O3. The van der Waals surface area contributed by atoms with E-state index in [1.807, 2.05) is 0 Å². The Morgan fingerprint density at radius 1 is 1.33 bits per heavy atom. The van der Waals surface area contributed by atoms with Gasteiger partial charge in [0.15, 0.2) is 0 Å². The minimum atomic E-state index is -4.79. The minimum Gasteiger partial charge on any atom is -0.453 e. The Morgan fingerprint density at radius 3 is 2.62 bits per heavy atom. The first-order valence-electron chi connectivity index (χ1n) is 7.23. The van der Waals surface area contributed by atoms with Gasteiger partial charge >= 0.3 is 12.3 Å². The number of likely N-dealkylation sites (tertiary alicyclic amines) is 1. The zero-order valence-corrected chi connectivity index (χ0v) is 12.8. The molecule has 0 aliphatic carbocycles. The molecule has 2 amide bonds. The third-order valence-corrected chi connectivity index (χ3v) is 3.77. The molecule has 5 nitrogen and oxygen atoms in total. The highest BCUT2D eigenvalue weighted by atomic mass is 19.4. The molecule has 1 aliphatic rings. The molecule has 9 heteroatoms. The van der Waals surface area contributed by atoms with Crippen molar-refractivity contribution in [3.8, 4) is 0 Å². The van der Waals surface area contributed by atoms with E-state index in [1.54, 1.807) is 0 Å². The zero-order valence-electron chi connectivity index (χ0n) is 12.8. The molecule has 1 heterocycles. The van der Waals surface area contributed by atoms with Gasteiger partial charge in [0.1, 0.15) is 5.82 Å². The number of ether oxygens (including phenoxy) is 1. The number of halogens is 4. The molecule has 0 bridgehead atoms. The number of rotatable bonds is 2. The molecule has 0 aromatic heterocycles. The summed E-state index contributed by atoms with van der Waals surface area (Å²) in [7, 11) is 1.23. The number of amides is 2. The fourth-order valence-electron chi connectivity index (χ4n) is 2.55. The van der Waals surface area contributed by atoms with Crippen LogP contribution >= 0.6 is 0 Å². The fourth-order valence-corrected chi connectivity index (χ4v) is 2.55. The number of anilines is 1. The van der Waals surface area contributed by atoms with E-state index in [0.29, 0.717) is 31.5 Å². The van der Waals surface area contributed by atoms with Crippen LogP contribution in [-0.2, 0) is 15.7 Å². The Bertz CT molecular complexity index is 634. The van der Waals surface area contributed by atoms with Crippen LogP contribution in [0.15, 0.2) is 18.2 Å². The average molecular weight is 348 g/mol. The second-order valence-electron chi connectivity index (χ2n) is 5.44. The van der Waals surface area contributed by atoms with Gasteiger partial charge in [-0.25, -0.2) is 9.18 Å². The highest BCUT2D eigenvalue weighted by Crippen LogP contribution is 2.32. The zero-order chi connectivity index (χ0) is 17.9. The SMILES string of the molecule is COC(=O)N1CCC[C@H](C(=O)Nc2ccc(C(F)(F)F)c(F)c2)C1. The maximum atomic E-state index is 13.5. The van der Waals surface area contributed by atoms with E-state index in [1.165, 1.54) is 12.0 Å². The van der Waals surface area contributed by atoms with Gasteiger partial charge in [-0.05, 0) is 31.0 Å². The van der Waals surface area contributed by atoms with Crippen LogP contribution in [0.5, 0.6) is 0 Å². The highest BCUT2D eigenvalue weighted by Gasteiger charge is 2.34. The van der Waals surface area contributed by atoms with Crippen molar-refractivity contribution >= 4 is 17.7 Å². The molecule has 1 aromatic rings. The number of benzene rings is 1. The van der Waals surface area contributed by atoms with Crippen molar-refractivity contribution in [3.05, 3.63) is 29.6 Å². The van der Waals surface area contributed by atoms with Crippen LogP contribution < -0.4 is 5.32 Å². The Kier molecular flexibility index (Phi) is 5.30. The van der Waals surface area contributed by atoms with E-state index < -0.39 is 35.5 Å². The van der Waals surface area contributed by atoms with Crippen LogP contribution in [0.4, 0.5) is 28.0 Å². The van der Waals surface area contributed by atoms with Gasteiger partial charge in [0.2, 0.25) is 5.91 Å². The van der Waals surface area contributed by atoms with Gasteiger partial charge in [-0.1, -0.05) is 0 Å². The third kappa shape index (κ3) is 4.15. The molecule has 0 saturated carbocycles. The van der Waals surface area contributed by atoms with Crippen LogP contribution in [0.25, 0.3) is 0 Å². The molecule has 132 valence electrons. The summed E-state index contributed by atoms with van der Waals surface area (Å²) in [6.07, 6.45) is -4.23. The molecule has 1 fully saturated rings. The number of piperidine rings is 1. The van der Waals surface area contributed by atoms with Crippen molar-refractivity contribution in [1.29, 1.82) is 0 Å². The first-order chi connectivity index (χ1) is 11.2. The molecule has 1 aromatic carbocycles. The topological polar surface area (TPSA) is 58.6 Å². The van der Waals surface area contributed by atoms with Gasteiger partial charge in [-0.2, -0.15) is 13.2 Å². The lowest BCUT2D eigenvalue weighted by molar-refractivity contribution is -0.140. The molecule has 0 unspecified atom stereocenters. The molecule has 1 saturated heterocycles. The van der Waals surface area contributed by atoms with Gasteiger partial charge < -0.3 is 15.0 Å². The summed E-state index contributed by atoms with van der Waals surface area (Å²) in [4.78, 5) is 25.0. The maximum absolute atomic E-state index is 13.5. The lowest BCUT2D eigenvalue weighted by atomic mass is 9.97. The summed E-state index contributed by atoms with van der Waals surface area (Å²) in [5, 5.41) is 2.38. The standard InChI is InChI=1S/C15H16F4N2O3/c1-24-14(23)21-6-2-3-9(8-21)13(22)20-10-4-5-11(12(16)7-10)15(17,18)19/h4-5,7,9H,2-3,6,8H2,1H3,(H,20,22)/t9-/m0/s1. The molecule has 2 rings (SSSR count). The monoisotopic (exact) mass is 348 g/mol. The number of methoxy groups -OCH3 is 1. The van der Waals surface area contributed by atoms with Gasteiger partial charge in [0.25, 0.3) is 0 Å². The number of hydrogen-bond acceptors (Lipinski definition) is 3. The largest absolute Gasteiger partial charge is 0.453 e. The molecule has 1 aliphatic heterocycles. The smallest absolute Gasteiger partial charge is 0.419 e. The quantitative estimate of drug-likeness (QED) is 0.835. The predicted molar refractivity (Wildman–Crippen MR) is 76.7 cm³/mol. The van der Waals surface area contributed by atoms with Crippen LogP contribution in [0.1, 0.15) is 18.4 Å². The second kappa shape index (κ2) is 7.06. The number of alkyl halides is 3. The molecule has 1 N–H and O–H groups in total. The van der Waals surface area contributed by atoms with E-state index >= 15 is 0 Å². The summed E-state index contributed by atoms with van der Waals surface area (Å²) in [5.41, 5.74) is -1.46. The third-order valence-electron chi connectivity index (χ3n) is 3.77. The normalized spacial score (nSPS) is 18.2. The van der Waals surface area contributed by atoms with Crippen molar-refractivity contribution in [2.45, 2.75) is 19.0 Å². The first kappa shape index (κ1) is 18.0. The number of nitrogens with one attached hydrogen (secondary N) is 1. The summed E-state index contributed by atoms with van der Waals surface area (Å²) in [6, 6.07) is 2.19. The lowest BCUT2D eigenvalue weighted by Gasteiger charge is -2.30. The van der Waals surface area contributed by atoms with Gasteiger partial charge in [-0.3, -0.25) is 4.79 Å².